The molecule has 0 fully saturated rings. The zero-order chi connectivity index (χ0) is 39.6. The first-order chi connectivity index (χ1) is 26.4. The number of carbonyl (C=O) groups is 3. The maximum Gasteiger partial charge on any atom is 0.306 e. The monoisotopic (exact) mass is 765 g/mol. The lowest BCUT2D eigenvalue weighted by Gasteiger charge is -2.18. The van der Waals surface area contributed by atoms with Crippen LogP contribution in [0.25, 0.3) is 0 Å². The Balaban J connectivity index is 4.33. The zero-order valence-electron chi connectivity index (χ0n) is 36.7. The van der Waals surface area contributed by atoms with Crippen LogP contribution in [0.2, 0.25) is 0 Å². The van der Waals surface area contributed by atoms with E-state index in [4.69, 9.17) is 14.2 Å². The highest BCUT2D eigenvalue weighted by molar-refractivity contribution is 5.71. The van der Waals surface area contributed by atoms with E-state index in [1.165, 1.54) is 161 Å². The van der Waals surface area contributed by atoms with E-state index in [9.17, 15) is 14.4 Å². The molecule has 6 nitrogen and oxygen atoms in total. The number of carbonyl (C=O) groups excluding carboxylic acids is 3. The fourth-order valence-electron chi connectivity index (χ4n) is 7.16. The molecule has 0 aromatic rings. The van der Waals surface area contributed by atoms with Crippen molar-refractivity contribution in [2.45, 2.75) is 271 Å². The summed E-state index contributed by atoms with van der Waals surface area (Å²) in [7, 11) is 0. The summed E-state index contributed by atoms with van der Waals surface area (Å²) >= 11 is 0. The Labute approximate surface area is 336 Å². The van der Waals surface area contributed by atoms with Crippen molar-refractivity contribution in [2.75, 3.05) is 13.2 Å². The van der Waals surface area contributed by atoms with Crippen molar-refractivity contribution in [3.05, 3.63) is 0 Å². The molecule has 0 aromatic heterocycles. The van der Waals surface area contributed by atoms with E-state index in [0.717, 1.165) is 63.7 Å². The maximum atomic E-state index is 12.7. The van der Waals surface area contributed by atoms with Gasteiger partial charge in [0.15, 0.2) is 6.10 Å². The lowest BCUT2D eigenvalue weighted by molar-refractivity contribution is -0.167. The van der Waals surface area contributed by atoms with Gasteiger partial charge in [0.1, 0.15) is 13.2 Å². The minimum atomic E-state index is -0.759. The highest BCUT2D eigenvalue weighted by Crippen LogP contribution is 2.16. The van der Waals surface area contributed by atoms with Crippen LogP contribution in [0.1, 0.15) is 265 Å². The van der Waals surface area contributed by atoms with E-state index in [0.29, 0.717) is 19.3 Å². The first kappa shape index (κ1) is 52.4. The number of rotatable bonds is 43. The highest BCUT2D eigenvalue weighted by atomic mass is 16.6. The molecule has 0 aliphatic heterocycles. The van der Waals surface area contributed by atoms with Gasteiger partial charge in [-0.3, -0.25) is 14.4 Å². The van der Waals surface area contributed by atoms with Crippen LogP contribution < -0.4 is 0 Å². The summed E-state index contributed by atoms with van der Waals surface area (Å²) in [6.45, 7) is 8.98. The molecule has 0 unspecified atom stereocenters. The average Bonchev–Trinajstić information content (AvgIpc) is 3.15. The Hall–Kier alpha value is -1.59. The van der Waals surface area contributed by atoms with Gasteiger partial charge in [-0.2, -0.15) is 0 Å². The van der Waals surface area contributed by atoms with E-state index >= 15 is 0 Å². The molecule has 6 heteroatoms. The molecule has 0 heterocycles. The molecule has 0 saturated heterocycles. The van der Waals surface area contributed by atoms with Gasteiger partial charge >= 0.3 is 17.9 Å². The van der Waals surface area contributed by atoms with E-state index < -0.39 is 6.10 Å². The Morgan fingerprint density at radius 1 is 0.352 bits per heavy atom. The smallest absolute Gasteiger partial charge is 0.306 e. The number of unbranched alkanes of at least 4 members (excludes halogenated alkanes) is 30. The minimum absolute atomic E-state index is 0.0635. The molecule has 0 rings (SSSR count). The van der Waals surface area contributed by atoms with Gasteiger partial charge < -0.3 is 14.2 Å². The number of hydrogen-bond donors (Lipinski definition) is 0. The average molecular weight is 765 g/mol. The molecule has 0 N–H and O–H groups in total. The van der Waals surface area contributed by atoms with Crippen molar-refractivity contribution < 1.29 is 28.6 Å². The lowest BCUT2D eigenvalue weighted by atomic mass is 10.0. The summed E-state index contributed by atoms with van der Waals surface area (Å²) in [4.78, 5) is 37.8. The molecule has 320 valence electrons. The first-order valence-corrected chi connectivity index (χ1v) is 23.9. The third kappa shape index (κ3) is 41.6. The van der Waals surface area contributed by atoms with Gasteiger partial charge in [-0.25, -0.2) is 0 Å². The fourth-order valence-corrected chi connectivity index (χ4v) is 7.16. The summed E-state index contributed by atoms with van der Waals surface area (Å²) in [6, 6.07) is 0. The van der Waals surface area contributed by atoms with Gasteiger partial charge in [-0.1, -0.05) is 227 Å². The van der Waals surface area contributed by atoms with Crippen molar-refractivity contribution in [3.8, 4) is 0 Å². The summed E-state index contributed by atoms with van der Waals surface area (Å²) in [5, 5.41) is 0. The van der Waals surface area contributed by atoms with Crippen LogP contribution in [-0.4, -0.2) is 37.2 Å². The number of ether oxygens (including phenoxy) is 3. The lowest BCUT2D eigenvalue weighted by Crippen LogP contribution is -2.30. The quantitative estimate of drug-likeness (QED) is 0.0349. The molecule has 54 heavy (non-hydrogen) atoms. The molecule has 0 spiro atoms. The SMILES string of the molecule is CCCCCCCCCCCCCCCC(=O)O[C@H](COC(=O)CCCCCCCCCCCCC)COC(=O)CCCCCCCCCCCC(C)C. The molecular formula is C48H92O6. The Morgan fingerprint density at radius 3 is 0.907 bits per heavy atom. The molecular weight excluding hydrogens is 673 g/mol. The maximum absolute atomic E-state index is 12.7. The van der Waals surface area contributed by atoms with Crippen molar-refractivity contribution in [3.63, 3.8) is 0 Å². The van der Waals surface area contributed by atoms with E-state index in [2.05, 4.69) is 27.7 Å². The predicted octanol–water partition coefficient (Wildman–Crippen LogP) is 15.1. The summed E-state index contributed by atoms with van der Waals surface area (Å²) < 4.78 is 16.7. The second kappa shape index (κ2) is 42.6. The van der Waals surface area contributed by atoms with Gasteiger partial charge in [-0.05, 0) is 25.2 Å². The Morgan fingerprint density at radius 2 is 0.611 bits per heavy atom. The third-order valence-corrected chi connectivity index (χ3v) is 10.8. The van der Waals surface area contributed by atoms with Crippen LogP contribution in [0.4, 0.5) is 0 Å². The minimum Gasteiger partial charge on any atom is -0.462 e. The van der Waals surface area contributed by atoms with Crippen molar-refractivity contribution >= 4 is 17.9 Å². The van der Waals surface area contributed by atoms with Gasteiger partial charge in [0.25, 0.3) is 0 Å². The van der Waals surface area contributed by atoms with Crippen LogP contribution in [0, 0.1) is 5.92 Å². The normalized spacial score (nSPS) is 11.9. The van der Waals surface area contributed by atoms with Crippen LogP contribution in [-0.2, 0) is 28.6 Å². The molecule has 0 bridgehead atoms. The fraction of sp³-hybridized carbons (Fsp3) is 0.938. The molecule has 0 aliphatic carbocycles. The van der Waals surface area contributed by atoms with E-state index in [-0.39, 0.29) is 31.1 Å². The molecule has 0 aromatic carbocycles. The van der Waals surface area contributed by atoms with E-state index in [1.807, 2.05) is 0 Å². The first-order valence-electron chi connectivity index (χ1n) is 23.9. The van der Waals surface area contributed by atoms with Crippen molar-refractivity contribution in [2.24, 2.45) is 5.92 Å². The van der Waals surface area contributed by atoms with Crippen molar-refractivity contribution in [1.29, 1.82) is 0 Å². The number of esters is 3. The van der Waals surface area contributed by atoms with Gasteiger partial charge in [-0.15, -0.1) is 0 Å². The summed E-state index contributed by atoms with van der Waals surface area (Å²) in [5.74, 6) is -0.0429. The van der Waals surface area contributed by atoms with Crippen LogP contribution >= 0.6 is 0 Å². The second-order valence-corrected chi connectivity index (χ2v) is 16.9. The molecule has 0 amide bonds. The second-order valence-electron chi connectivity index (χ2n) is 16.9. The Kier molecular flexibility index (Phi) is 41.3. The highest BCUT2D eigenvalue weighted by Gasteiger charge is 2.19. The summed E-state index contributed by atoms with van der Waals surface area (Å²) in [5.41, 5.74) is 0. The third-order valence-electron chi connectivity index (χ3n) is 10.8. The van der Waals surface area contributed by atoms with Gasteiger partial charge in [0.2, 0.25) is 0 Å². The van der Waals surface area contributed by atoms with Crippen molar-refractivity contribution in [1.82, 2.24) is 0 Å². The topological polar surface area (TPSA) is 78.9 Å². The molecule has 0 saturated carbocycles. The largest absolute Gasteiger partial charge is 0.462 e. The van der Waals surface area contributed by atoms with Crippen LogP contribution in [0.3, 0.4) is 0 Å². The number of hydrogen-bond acceptors (Lipinski definition) is 6. The van der Waals surface area contributed by atoms with E-state index in [1.54, 1.807) is 0 Å². The standard InChI is InChI=1S/C48H92O6/c1-5-7-9-11-13-15-17-18-20-24-29-33-37-41-48(51)54-45(42-52-46(49)39-35-31-27-23-19-16-14-12-10-8-6-2)43-53-47(50)40-36-32-28-25-21-22-26-30-34-38-44(3)4/h44-45H,5-43H2,1-4H3/t45-/m1/s1. The Bertz CT molecular complexity index is 811. The zero-order valence-corrected chi connectivity index (χ0v) is 36.7. The summed E-state index contributed by atoms with van der Waals surface area (Å²) in [6.07, 6.45) is 42.2. The van der Waals surface area contributed by atoms with Crippen LogP contribution in [0.5, 0.6) is 0 Å². The molecule has 0 radical (unpaired) electrons. The van der Waals surface area contributed by atoms with Gasteiger partial charge in [0, 0.05) is 19.3 Å². The van der Waals surface area contributed by atoms with Gasteiger partial charge in [0.05, 0.1) is 0 Å². The molecule has 1 atom stereocenters. The van der Waals surface area contributed by atoms with Crippen LogP contribution in [0.15, 0.2) is 0 Å². The predicted molar refractivity (Wildman–Crippen MR) is 229 cm³/mol. The molecule has 0 aliphatic rings.